The van der Waals surface area contributed by atoms with Gasteiger partial charge < -0.3 is 20.4 Å². The van der Waals surface area contributed by atoms with E-state index < -0.39 is 5.66 Å². The van der Waals surface area contributed by atoms with Gasteiger partial charge in [0.1, 0.15) is 5.66 Å². The number of para-hydroxylation sites is 1. The second-order valence-corrected chi connectivity index (χ2v) is 7.80. The molecule has 2 heterocycles. The summed E-state index contributed by atoms with van der Waals surface area (Å²) in [6.45, 7) is 5.14. The molecule has 0 aliphatic carbocycles. The average Bonchev–Trinajstić information content (AvgIpc) is 2.68. The van der Waals surface area contributed by atoms with Crippen LogP contribution in [0.5, 0.6) is 0 Å². The monoisotopic (exact) mass is 378 g/mol. The molecule has 0 saturated carbocycles. The lowest BCUT2D eigenvalue weighted by Gasteiger charge is -2.51. The topological polar surface area (TPSA) is 64.7 Å². The van der Waals surface area contributed by atoms with Crippen molar-refractivity contribution in [3.8, 4) is 0 Å². The fraction of sp³-hybridized carbons (Fsp3) is 0.364. The molecule has 0 radical (unpaired) electrons. The minimum atomic E-state index is -0.446. The Morgan fingerprint density at radius 2 is 1.82 bits per heavy atom. The summed E-state index contributed by atoms with van der Waals surface area (Å²) < 4.78 is 0. The molecule has 28 heavy (non-hydrogen) atoms. The molecule has 3 amide bonds. The third-order valence-electron chi connectivity index (χ3n) is 6.01. The van der Waals surface area contributed by atoms with Gasteiger partial charge in [-0.25, -0.2) is 4.79 Å². The van der Waals surface area contributed by atoms with E-state index in [1.807, 2.05) is 68.3 Å². The van der Waals surface area contributed by atoms with Gasteiger partial charge in [0, 0.05) is 38.7 Å². The Morgan fingerprint density at radius 3 is 2.54 bits per heavy atom. The Kier molecular flexibility index (Phi) is 4.49. The van der Waals surface area contributed by atoms with Crippen LogP contribution >= 0.6 is 0 Å². The number of piperidine rings is 1. The highest BCUT2D eigenvalue weighted by atomic mass is 16.2. The molecular formula is C22H26N4O2. The number of rotatable bonds is 1. The van der Waals surface area contributed by atoms with Crippen LogP contribution in [0, 0.1) is 13.8 Å². The minimum absolute atomic E-state index is 0.0328. The van der Waals surface area contributed by atoms with Crippen LogP contribution in [0.2, 0.25) is 0 Å². The Bertz CT molecular complexity index is 932. The first-order chi connectivity index (χ1) is 13.4. The van der Waals surface area contributed by atoms with E-state index in [-0.39, 0.29) is 11.9 Å². The molecule has 0 aromatic heterocycles. The van der Waals surface area contributed by atoms with Crippen molar-refractivity contribution < 1.29 is 9.59 Å². The van der Waals surface area contributed by atoms with E-state index in [0.29, 0.717) is 31.5 Å². The summed E-state index contributed by atoms with van der Waals surface area (Å²) in [5.74, 6) is -0.0328. The molecule has 6 heteroatoms. The molecule has 4 rings (SSSR count). The number of nitrogens with zero attached hydrogens (tertiary/aromatic N) is 2. The predicted octanol–water partition coefficient (Wildman–Crippen LogP) is 3.51. The second-order valence-electron chi connectivity index (χ2n) is 7.80. The van der Waals surface area contributed by atoms with Crippen LogP contribution in [0.25, 0.3) is 0 Å². The first-order valence-corrected chi connectivity index (χ1v) is 9.68. The number of fused-ring (bicyclic) bond motifs is 1. The molecular weight excluding hydrogens is 352 g/mol. The zero-order valence-corrected chi connectivity index (χ0v) is 16.6. The van der Waals surface area contributed by atoms with Crippen LogP contribution in [0.3, 0.4) is 0 Å². The van der Waals surface area contributed by atoms with Crippen LogP contribution in [-0.2, 0) is 0 Å². The number of aryl methyl sites for hydroxylation is 2. The standard InChI is InChI=1S/C22H26N4O2/c1-15-8-9-19-17(14-15)20(27)24-22(25(19)3)10-12-26(13-11-22)21(28)23-18-7-5-4-6-16(18)2/h4-9,14H,10-13H2,1-3H3,(H,23,28)(H,24,27). The molecule has 0 bridgehead atoms. The summed E-state index contributed by atoms with van der Waals surface area (Å²) in [5.41, 5.74) is 4.16. The lowest BCUT2D eigenvalue weighted by molar-refractivity contribution is 0.0815. The lowest BCUT2D eigenvalue weighted by atomic mass is 9.90. The molecule has 1 fully saturated rings. The van der Waals surface area contributed by atoms with Gasteiger partial charge in [-0.1, -0.05) is 29.8 Å². The molecule has 2 aromatic carbocycles. The number of urea groups is 1. The summed E-state index contributed by atoms with van der Waals surface area (Å²) in [6, 6.07) is 13.6. The fourth-order valence-corrected chi connectivity index (χ4v) is 4.16. The molecule has 146 valence electrons. The van der Waals surface area contributed by atoms with Crippen molar-refractivity contribution >= 4 is 23.3 Å². The van der Waals surface area contributed by atoms with Gasteiger partial charge >= 0.3 is 6.03 Å². The van der Waals surface area contributed by atoms with Crippen molar-refractivity contribution in [1.82, 2.24) is 10.2 Å². The van der Waals surface area contributed by atoms with Gasteiger partial charge in [0.15, 0.2) is 0 Å². The highest BCUT2D eigenvalue weighted by Crippen LogP contribution is 2.36. The molecule has 0 atom stereocenters. The number of nitrogens with one attached hydrogen (secondary N) is 2. The second kappa shape index (κ2) is 6.86. The van der Waals surface area contributed by atoms with Gasteiger partial charge in [0.05, 0.1) is 11.3 Å². The van der Waals surface area contributed by atoms with Crippen molar-refractivity contribution in [2.45, 2.75) is 32.4 Å². The first-order valence-electron chi connectivity index (χ1n) is 9.68. The Labute approximate surface area is 165 Å². The molecule has 2 aliphatic rings. The third kappa shape index (κ3) is 3.09. The zero-order valence-electron chi connectivity index (χ0n) is 16.6. The van der Waals surface area contributed by atoms with Crippen molar-refractivity contribution in [1.29, 1.82) is 0 Å². The average molecular weight is 378 g/mol. The molecule has 2 N–H and O–H groups in total. The summed E-state index contributed by atoms with van der Waals surface area (Å²) in [6.07, 6.45) is 1.37. The normalized spacial score (nSPS) is 17.9. The maximum atomic E-state index is 12.7. The number of anilines is 2. The van der Waals surface area contributed by atoms with E-state index >= 15 is 0 Å². The van der Waals surface area contributed by atoms with E-state index in [2.05, 4.69) is 15.5 Å². The van der Waals surface area contributed by atoms with Crippen molar-refractivity contribution in [2.75, 3.05) is 30.4 Å². The van der Waals surface area contributed by atoms with Gasteiger partial charge in [0.25, 0.3) is 5.91 Å². The van der Waals surface area contributed by atoms with Gasteiger partial charge in [-0.15, -0.1) is 0 Å². The van der Waals surface area contributed by atoms with Crippen LogP contribution in [0.4, 0.5) is 16.2 Å². The Morgan fingerprint density at radius 1 is 1.11 bits per heavy atom. The van der Waals surface area contributed by atoms with E-state index in [9.17, 15) is 9.59 Å². The fourth-order valence-electron chi connectivity index (χ4n) is 4.16. The Hall–Kier alpha value is -3.02. The molecule has 2 aromatic rings. The zero-order chi connectivity index (χ0) is 19.9. The quantitative estimate of drug-likeness (QED) is 0.798. The van der Waals surface area contributed by atoms with Crippen LogP contribution in [-0.4, -0.2) is 42.6 Å². The van der Waals surface area contributed by atoms with E-state index in [0.717, 1.165) is 22.5 Å². The smallest absolute Gasteiger partial charge is 0.321 e. The van der Waals surface area contributed by atoms with Crippen LogP contribution in [0.1, 0.15) is 34.3 Å². The number of carbonyl (C=O) groups is 2. The number of likely N-dealkylation sites (tertiary alicyclic amines) is 1. The van der Waals surface area contributed by atoms with Crippen LogP contribution in [0.15, 0.2) is 42.5 Å². The van der Waals surface area contributed by atoms with E-state index in [1.165, 1.54) is 0 Å². The SMILES string of the molecule is Cc1ccc2c(c1)C(=O)NC1(CCN(C(=O)Nc3ccccc3C)CC1)N2C. The highest BCUT2D eigenvalue weighted by molar-refractivity contribution is 6.02. The highest BCUT2D eigenvalue weighted by Gasteiger charge is 2.44. The minimum Gasteiger partial charge on any atom is -0.351 e. The first kappa shape index (κ1) is 18.3. The third-order valence-corrected chi connectivity index (χ3v) is 6.01. The molecule has 6 nitrogen and oxygen atoms in total. The van der Waals surface area contributed by atoms with E-state index in [1.54, 1.807) is 0 Å². The summed E-state index contributed by atoms with van der Waals surface area (Å²) in [5, 5.41) is 6.21. The van der Waals surface area contributed by atoms with Crippen molar-refractivity contribution in [3.05, 3.63) is 59.2 Å². The van der Waals surface area contributed by atoms with Crippen LogP contribution < -0.4 is 15.5 Å². The number of benzene rings is 2. The molecule has 1 saturated heterocycles. The Balaban J connectivity index is 1.48. The molecule has 1 spiro atoms. The lowest BCUT2D eigenvalue weighted by Crippen LogP contribution is -2.67. The van der Waals surface area contributed by atoms with Crippen molar-refractivity contribution in [2.24, 2.45) is 0 Å². The largest absolute Gasteiger partial charge is 0.351 e. The van der Waals surface area contributed by atoms with Gasteiger partial charge in [0.2, 0.25) is 0 Å². The number of hydrogen-bond donors (Lipinski definition) is 2. The number of carbonyl (C=O) groups excluding carboxylic acids is 2. The number of amides is 3. The maximum absolute atomic E-state index is 12.7. The van der Waals surface area contributed by atoms with E-state index in [4.69, 9.17) is 0 Å². The summed E-state index contributed by atoms with van der Waals surface area (Å²) in [4.78, 5) is 29.4. The van der Waals surface area contributed by atoms with Gasteiger partial charge in [-0.2, -0.15) is 0 Å². The summed E-state index contributed by atoms with van der Waals surface area (Å²) >= 11 is 0. The van der Waals surface area contributed by atoms with Crippen molar-refractivity contribution in [3.63, 3.8) is 0 Å². The summed E-state index contributed by atoms with van der Waals surface area (Å²) in [7, 11) is 2.02. The number of hydrogen-bond acceptors (Lipinski definition) is 3. The molecule has 0 unspecified atom stereocenters. The predicted molar refractivity (Wildman–Crippen MR) is 111 cm³/mol. The van der Waals surface area contributed by atoms with Gasteiger partial charge in [-0.05, 0) is 37.6 Å². The van der Waals surface area contributed by atoms with Gasteiger partial charge in [-0.3, -0.25) is 4.79 Å². The maximum Gasteiger partial charge on any atom is 0.321 e. The molecule has 2 aliphatic heterocycles.